The summed E-state index contributed by atoms with van der Waals surface area (Å²) in [6, 6.07) is 5.11. The summed E-state index contributed by atoms with van der Waals surface area (Å²) < 4.78 is 30.8. The molecule has 0 aliphatic heterocycles. The number of hydrogen-bond acceptors (Lipinski definition) is 5. The molecule has 1 aromatic carbocycles. The van der Waals surface area contributed by atoms with Gasteiger partial charge in [-0.3, -0.25) is 0 Å². The highest BCUT2D eigenvalue weighted by atomic mass is 32.2. The van der Waals surface area contributed by atoms with Gasteiger partial charge in [0.15, 0.2) is 0 Å². The minimum absolute atomic E-state index is 0.0895. The zero-order valence-electron chi connectivity index (χ0n) is 10.9. The first-order chi connectivity index (χ1) is 8.96. The van der Waals surface area contributed by atoms with Gasteiger partial charge in [-0.25, -0.2) is 4.98 Å². The van der Waals surface area contributed by atoms with Crippen LogP contribution in [0.4, 0.5) is 0 Å². The predicted molar refractivity (Wildman–Crippen MR) is 69.7 cm³/mol. The Kier molecular flexibility index (Phi) is 3.57. The van der Waals surface area contributed by atoms with Gasteiger partial charge in [0.2, 0.25) is 0 Å². The molecule has 0 saturated heterocycles. The molecule has 19 heavy (non-hydrogen) atoms. The standard InChI is InChI=1S/C12H15N3O3S/c1-9(2)10-4-5-11(18-3)12(6-10)19(16,17)15-8-13-7-14-15/h4-9H,1-3H3. The number of ether oxygens (including phenoxy) is 1. The molecule has 0 amide bonds. The molecule has 0 atom stereocenters. The van der Waals surface area contributed by atoms with Crippen molar-refractivity contribution in [2.75, 3.05) is 7.11 Å². The molecule has 0 spiro atoms. The number of benzene rings is 1. The van der Waals surface area contributed by atoms with Crippen LogP contribution < -0.4 is 4.74 Å². The number of aromatic nitrogens is 3. The number of rotatable bonds is 4. The Morgan fingerprint density at radius 3 is 2.58 bits per heavy atom. The lowest BCUT2D eigenvalue weighted by Gasteiger charge is -2.12. The minimum Gasteiger partial charge on any atom is -0.495 e. The lowest BCUT2D eigenvalue weighted by atomic mass is 10.0. The van der Waals surface area contributed by atoms with Gasteiger partial charge in [-0.15, -0.1) is 9.19 Å². The highest BCUT2D eigenvalue weighted by molar-refractivity contribution is 7.90. The van der Waals surface area contributed by atoms with E-state index in [2.05, 4.69) is 10.1 Å². The van der Waals surface area contributed by atoms with Crippen molar-refractivity contribution in [3.8, 4) is 5.75 Å². The van der Waals surface area contributed by atoms with Gasteiger partial charge >= 0.3 is 0 Å². The summed E-state index contributed by atoms with van der Waals surface area (Å²) in [5.74, 6) is 0.510. The zero-order valence-corrected chi connectivity index (χ0v) is 11.8. The Bertz CT molecular complexity index is 664. The van der Waals surface area contributed by atoms with E-state index in [1.165, 1.54) is 13.4 Å². The van der Waals surface area contributed by atoms with Crippen LogP contribution in [0.3, 0.4) is 0 Å². The Morgan fingerprint density at radius 2 is 2.05 bits per heavy atom. The van der Waals surface area contributed by atoms with Gasteiger partial charge < -0.3 is 4.74 Å². The van der Waals surface area contributed by atoms with E-state index in [0.717, 1.165) is 16.0 Å². The fourth-order valence-electron chi connectivity index (χ4n) is 1.68. The largest absolute Gasteiger partial charge is 0.495 e. The minimum atomic E-state index is -3.78. The SMILES string of the molecule is COc1ccc(C(C)C)cc1S(=O)(=O)n1cncn1. The third-order valence-electron chi connectivity index (χ3n) is 2.78. The van der Waals surface area contributed by atoms with E-state index in [9.17, 15) is 8.42 Å². The molecule has 0 aliphatic carbocycles. The second-order valence-electron chi connectivity index (χ2n) is 4.34. The van der Waals surface area contributed by atoms with Crippen molar-refractivity contribution < 1.29 is 13.2 Å². The molecule has 7 heteroatoms. The van der Waals surface area contributed by atoms with Crippen molar-refractivity contribution in [3.05, 3.63) is 36.4 Å². The van der Waals surface area contributed by atoms with Crippen molar-refractivity contribution in [2.45, 2.75) is 24.7 Å². The summed E-state index contributed by atoms with van der Waals surface area (Å²) in [5.41, 5.74) is 0.916. The van der Waals surface area contributed by atoms with Gasteiger partial charge in [-0.2, -0.15) is 8.42 Å². The Labute approximate surface area is 112 Å². The predicted octanol–water partition coefficient (Wildman–Crippen LogP) is 1.65. The summed E-state index contributed by atoms with van der Waals surface area (Å²) in [4.78, 5) is 3.75. The summed E-state index contributed by atoms with van der Waals surface area (Å²) in [6.45, 7) is 3.99. The first-order valence-corrected chi connectivity index (χ1v) is 7.19. The Balaban J connectivity index is 2.63. The molecular formula is C12H15N3O3S. The van der Waals surface area contributed by atoms with Gasteiger partial charge in [0.1, 0.15) is 23.3 Å². The van der Waals surface area contributed by atoms with Gasteiger partial charge in [0.05, 0.1) is 7.11 Å². The second kappa shape index (κ2) is 5.00. The quantitative estimate of drug-likeness (QED) is 0.851. The Morgan fingerprint density at radius 1 is 1.32 bits per heavy atom. The van der Waals surface area contributed by atoms with E-state index in [-0.39, 0.29) is 10.8 Å². The van der Waals surface area contributed by atoms with E-state index in [0.29, 0.717) is 5.75 Å². The van der Waals surface area contributed by atoms with Crippen molar-refractivity contribution in [2.24, 2.45) is 0 Å². The van der Waals surface area contributed by atoms with Crippen LogP contribution in [0.5, 0.6) is 5.75 Å². The average molecular weight is 281 g/mol. The normalized spacial score (nSPS) is 11.8. The van der Waals surface area contributed by atoms with Crippen LogP contribution >= 0.6 is 0 Å². The third kappa shape index (κ3) is 2.46. The average Bonchev–Trinajstić information content (AvgIpc) is 2.92. The van der Waals surface area contributed by atoms with E-state index < -0.39 is 10.0 Å². The lowest BCUT2D eigenvalue weighted by Crippen LogP contribution is -2.15. The van der Waals surface area contributed by atoms with Crippen LogP contribution in [-0.2, 0) is 10.0 Å². The van der Waals surface area contributed by atoms with E-state index in [4.69, 9.17) is 4.74 Å². The van der Waals surface area contributed by atoms with Crippen LogP contribution in [-0.4, -0.2) is 29.7 Å². The number of nitrogens with zero attached hydrogens (tertiary/aromatic N) is 3. The van der Waals surface area contributed by atoms with Crippen molar-refractivity contribution >= 4 is 10.0 Å². The molecule has 1 heterocycles. The third-order valence-corrected chi connectivity index (χ3v) is 4.33. The summed E-state index contributed by atoms with van der Waals surface area (Å²) in [7, 11) is -2.34. The van der Waals surface area contributed by atoms with Gasteiger partial charge in [0.25, 0.3) is 10.0 Å². The first kappa shape index (κ1) is 13.5. The van der Waals surface area contributed by atoms with Crippen molar-refractivity contribution in [1.29, 1.82) is 0 Å². The van der Waals surface area contributed by atoms with E-state index in [1.54, 1.807) is 12.1 Å². The van der Waals surface area contributed by atoms with Gasteiger partial charge in [-0.05, 0) is 23.6 Å². The summed E-state index contributed by atoms with van der Waals surface area (Å²) >= 11 is 0. The van der Waals surface area contributed by atoms with Crippen LogP contribution in [0.2, 0.25) is 0 Å². The van der Waals surface area contributed by atoms with Crippen LogP contribution in [0, 0.1) is 0 Å². The molecular weight excluding hydrogens is 266 g/mol. The highest BCUT2D eigenvalue weighted by Gasteiger charge is 2.23. The molecule has 2 rings (SSSR count). The molecule has 102 valence electrons. The van der Waals surface area contributed by atoms with Gasteiger partial charge in [0, 0.05) is 0 Å². The molecule has 2 aromatic rings. The maximum atomic E-state index is 12.4. The topological polar surface area (TPSA) is 74.1 Å². The van der Waals surface area contributed by atoms with E-state index >= 15 is 0 Å². The maximum Gasteiger partial charge on any atom is 0.288 e. The monoisotopic (exact) mass is 281 g/mol. The van der Waals surface area contributed by atoms with Gasteiger partial charge in [-0.1, -0.05) is 19.9 Å². The van der Waals surface area contributed by atoms with Crippen molar-refractivity contribution in [1.82, 2.24) is 14.2 Å². The van der Waals surface area contributed by atoms with E-state index in [1.807, 2.05) is 19.9 Å². The smallest absolute Gasteiger partial charge is 0.288 e. The molecule has 1 aromatic heterocycles. The number of methoxy groups -OCH3 is 1. The van der Waals surface area contributed by atoms with Crippen LogP contribution in [0.25, 0.3) is 0 Å². The first-order valence-electron chi connectivity index (χ1n) is 5.75. The molecule has 0 bridgehead atoms. The molecule has 0 radical (unpaired) electrons. The Hall–Kier alpha value is -1.89. The second-order valence-corrected chi connectivity index (χ2v) is 6.10. The number of hydrogen-bond donors (Lipinski definition) is 0. The molecule has 6 nitrogen and oxygen atoms in total. The lowest BCUT2D eigenvalue weighted by molar-refractivity contribution is 0.402. The van der Waals surface area contributed by atoms with Crippen molar-refractivity contribution in [3.63, 3.8) is 0 Å². The zero-order chi connectivity index (χ0) is 14.0. The van der Waals surface area contributed by atoms with Crippen LogP contribution in [0.1, 0.15) is 25.3 Å². The molecule has 0 saturated carbocycles. The molecule has 0 aliphatic rings. The van der Waals surface area contributed by atoms with Crippen LogP contribution in [0.15, 0.2) is 35.7 Å². The summed E-state index contributed by atoms with van der Waals surface area (Å²) in [6.07, 6.45) is 2.33. The molecule has 0 N–H and O–H groups in total. The maximum absolute atomic E-state index is 12.4. The molecule has 0 fully saturated rings. The fraction of sp³-hybridized carbons (Fsp3) is 0.333. The fourth-order valence-corrected chi connectivity index (χ4v) is 2.91. The summed E-state index contributed by atoms with van der Waals surface area (Å²) in [5, 5.41) is 3.68. The highest BCUT2D eigenvalue weighted by Crippen LogP contribution is 2.29. The molecule has 0 unspecified atom stereocenters.